The average molecular weight is 215 g/mol. The first-order valence-electron chi connectivity index (χ1n) is 6.48. The van der Waals surface area contributed by atoms with E-state index < -0.39 is 0 Å². The Kier molecular flexibility index (Phi) is 10.4. The molecule has 0 aromatic carbocycles. The second-order valence-corrected chi connectivity index (χ2v) is 4.46. The Bertz CT molecular complexity index is 128. The smallest absolute Gasteiger partial charge is 0.0462 e. The lowest BCUT2D eigenvalue weighted by molar-refractivity contribution is 0.183. The SMILES string of the molecule is CCCNC(CCCOC)C(C)CCC. The van der Waals surface area contributed by atoms with Crippen LogP contribution in [0.1, 0.15) is 52.9 Å². The van der Waals surface area contributed by atoms with Crippen LogP contribution in [0.5, 0.6) is 0 Å². The van der Waals surface area contributed by atoms with Crippen molar-refractivity contribution in [2.45, 2.75) is 58.9 Å². The highest BCUT2D eigenvalue weighted by Crippen LogP contribution is 2.15. The van der Waals surface area contributed by atoms with Crippen molar-refractivity contribution in [3.63, 3.8) is 0 Å². The molecule has 0 spiro atoms. The molecule has 0 aromatic rings. The Morgan fingerprint density at radius 1 is 1.13 bits per heavy atom. The second kappa shape index (κ2) is 10.4. The number of ether oxygens (including phenoxy) is 1. The van der Waals surface area contributed by atoms with Crippen molar-refractivity contribution in [2.24, 2.45) is 5.92 Å². The molecule has 2 nitrogen and oxygen atoms in total. The van der Waals surface area contributed by atoms with Crippen LogP contribution < -0.4 is 5.32 Å². The van der Waals surface area contributed by atoms with E-state index in [-0.39, 0.29) is 0 Å². The summed E-state index contributed by atoms with van der Waals surface area (Å²) < 4.78 is 5.11. The molecule has 2 heteroatoms. The van der Waals surface area contributed by atoms with Gasteiger partial charge in [0.25, 0.3) is 0 Å². The molecule has 92 valence electrons. The van der Waals surface area contributed by atoms with E-state index >= 15 is 0 Å². The highest BCUT2D eigenvalue weighted by atomic mass is 16.5. The van der Waals surface area contributed by atoms with Crippen LogP contribution in [-0.2, 0) is 4.74 Å². The van der Waals surface area contributed by atoms with Gasteiger partial charge in [-0.1, -0.05) is 27.2 Å². The van der Waals surface area contributed by atoms with Crippen LogP contribution >= 0.6 is 0 Å². The molecule has 0 aliphatic carbocycles. The molecule has 0 aromatic heterocycles. The lowest BCUT2D eigenvalue weighted by atomic mass is 9.93. The van der Waals surface area contributed by atoms with E-state index in [0.29, 0.717) is 6.04 Å². The molecule has 0 fully saturated rings. The summed E-state index contributed by atoms with van der Waals surface area (Å²) in [4.78, 5) is 0. The maximum Gasteiger partial charge on any atom is 0.0462 e. The second-order valence-electron chi connectivity index (χ2n) is 4.46. The average Bonchev–Trinajstić information content (AvgIpc) is 2.23. The molecule has 1 N–H and O–H groups in total. The van der Waals surface area contributed by atoms with Crippen molar-refractivity contribution in [3.8, 4) is 0 Å². The third-order valence-electron chi connectivity index (χ3n) is 2.95. The number of rotatable bonds is 10. The summed E-state index contributed by atoms with van der Waals surface area (Å²) in [6, 6.07) is 0.681. The van der Waals surface area contributed by atoms with Crippen LogP contribution in [0.2, 0.25) is 0 Å². The summed E-state index contributed by atoms with van der Waals surface area (Å²) in [5, 5.41) is 3.66. The zero-order valence-corrected chi connectivity index (χ0v) is 11.0. The van der Waals surface area contributed by atoms with Crippen LogP contribution in [0.3, 0.4) is 0 Å². The molecule has 2 atom stereocenters. The van der Waals surface area contributed by atoms with Gasteiger partial charge >= 0.3 is 0 Å². The highest BCUT2D eigenvalue weighted by molar-refractivity contribution is 4.73. The summed E-state index contributed by atoms with van der Waals surface area (Å²) in [7, 11) is 1.78. The molecule has 0 aliphatic heterocycles. The van der Waals surface area contributed by atoms with Crippen LogP contribution in [0.4, 0.5) is 0 Å². The zero-order chi connectivity index (χ0) is 11.5. The lowest BCUT2D eigenvalue weighted by Crippen LogP contribution is -2.35. The minimum absolute atomic E-state index is 0.681. The van der Waals surface area contributed by atoms with E-state index in [0.717, 1.165) is 19.1 Å². The molecule has 0 saturated heterocycles. The normalized spacial score (nSPS) is 15.2. The molecular formula is C13H29NO. The first kappa shape index (κ1) is 14.9. The largest absolute Gasteiger partial charge is 0.385 e. The van der Waals surface area contributed by atoms with Crippen molar-refractivity contribution >= 4 is 0 Å². The Morgan fingerprint density at radius 2 is 1.87 bits per heavy atom. The van der Waals surface area contributed by atoms with E-state index in [2.05, 4.69) is 26.1 Å². The van der Waals surface area contributed by atoms with Gasteiger partial charge in [0.1, 0.15) is 0 Å². The predicted octanol–water partition coefficient (Wildman–Crippen LogP) is 3.22. The Morgan fingerprint density at radius 3 is 2.40 bits per heavy atom. The number of hydrogen-bond donors (Lipinski definition) is 1. The maximum atomic E-state index is 5.11. The topological polar surface area (TPSA) is 21.3 Å². The van der Waals surface area contributed by atoms with Crippen LogP contribution in [-0.4, -0.2) is 26.3 Å². The number of hydrogen-bond acceptors (Lipinski definition) is 2. The van der Waals surface area contributed by atoms with Crippen LogP contribution in [0, 0.1) is 5.92 Å². The van der Waals surface area contributed by atoms with Gasteiger partial charge in [-0.3, -0.25) is 0 Å². The van der Waals surface area contributed by atoms with E-state index in [4.69, 9.17) is 4.74 Å². The van der Waals surface area contributed by atoms with Gasteiger partial charge in [0.05, 0.1) is 0 Å². The van der Waals surface area contributed by atoms with Gasteiger partial charge in [0.2, 0.25) is 0 Å². The third-order valence-corrected chi connectivity index (χ3v) is 2.95. The van der Waals surface area contributed by atoms with Crippen molar-refractivity contribution in [1.82, 2.24) is 5.32 Å². The predicted molar refractivity (Wildman–Crippen MR) is 67.3 cm³/mol. The van der Waals surface area contributed by atoms with Gasteiger partial charge in [-0.15, -0.1) is 0 Å². The van der Waals surface area contributed by atoms with Gasteiger partial charge in [-0.25, -0.2) is 0 Å². The van der Waals surface area contributed by atoms with Gasteiger partial charge in [0.15, 0.2) is 0 Å². The summed E-state index contributed by atoms with van der Waals surface area (Å²) in [6.07, 6.45) is 6.25. The van der Waals surface area contributed by atoms with E-state index in [9.17, 15) is 0 Å². The molecule has 0 aliphatic rings. The van der Waals surface area contributed by atoms with Crippen molar-refractivity contribution < 1.29 is 4.74 Å². The van der Waals surface area contributed by atoms with Gasteiger partial charge < -0.3 is 10.1 Å². The van der Waals surface area contributed by atoms with Gasteiger partial charge in [-0.05, 0) is 38.1 Å². The Hall–Kier alpha value is -0.0800. The number of nitrogens with one attached hydrogen (secondary N) is 1. The van der Waals surface area contributed by atoms with E-state index in [1.807, 2.05) is 0 Å². The van der Waals surface area contributed by atoms with Crippen molar-refractivity contribution in [1.29, 1.82) is 0 Å². The first-order valence-corrected chi connectivity index (χ1v) is 6.48. The van der Waals surface area contributed by atoms with Gasteiger partial charge in [0, 0.05) is 19.8 Å². The fourth-order valence-electron chi connectivity index (χ4n) is 2.02. The summed E-state index contributed by atoms with van der Waals surface area (Å²) in [5.74, 6) is 0.790. The molecule has 0 amide bonds. The number of methoxy groups -OCH3 is 1. The van der Waals surface area contributed by atoms with Crippen molar-refractivity contribution in [2.75, 3.05) is 20.3 Å². The monoisotopic (exact) mass is 215 g/mol. The Labute approximate surface area is 95.8 Å². The fourth-order valence-corrected chi connectivity index (χ4v) is 2.02. The molecular weight excluding hydrogens is 186 g/mol. The molecule has 0 saturated carbocycles. The third kappa shape index (κ3) is 7.80. The van der Waals surface area contributed by atoms with Crippen LogP contribution in [0.15, 0.2) is 0 Å². The molecule has 0 bridgehead atoms. The quantitative estimate of drug-likeness (QED) is 0.565. The molecule has 0 heterocycles. The van der Waals surface area contributed by atoms with Crippen LogP contribution in [0.25, 0.3) is 0 Å². The lowest BCUT2D eigenvalue weighted by Gasteiger charge is -2.25. The highest BCUT2D eigenvalue weighted by Gasteiger charge is 2.14. The molecule has 2 unspecified atom stereocenters. The minimum atomic E-state index is 0.681. The van der Waals surface area contributed by atoms with Crippen molar-refractivity contribution in [3.05, 3.63) is 0 Å². The van der Waals surface area contributed by atoms with Gasteiger partial charge in [-0.2, -0.15) is 0 Å². The maximum absolute atomic E-state index is 5.11. The van der Waals surface area contributed by atoms with E-state index in [1.54, 1.807) is 7.11 Å². The first-order chi connectivity index (χ1) is 7.26. The Balaban J connectivity index is 3.81. The fraction of sp³-hybridized carbons (Fsp3) is 1.00. The standard InChI is InChI=1S/C13H29NO/c1-5-8-12(3)13(14-10-6-2)9-7-11-15-4/h12-14H,5-11H2,1-4H3. The molecule has 0 radical (unpaired) electrons. The summed E-state index contributed by atoms with van der Waals surface area (Å²) >= 11 is 0. The molecule has 0 rings (SSSR count). The summed E-state index contributed by atoms with van der Waals surface area (Å²) in [5.41, 5.74) is 0. The summed E-state index contributed by atoms with van der Waals surface area (Å²) in [6.45, 7) is 8.89. The minimum Gasteiger partial charge on any atom is -0.385 e. The molecule has 15 heavy (non-hydrogen) atoms. The van der Waals surface area contributed by atoms with E-state index in [1.165, 1.54) is 32.1 Å². The zero-order valence-electron chi connectivity index (χ0n) is 11.0.